The van der Waals surface area contributed by atoms with Crippen LogP contribution in [0.5, 0.6) is 0 Å². The highest BCUT2D eigenvalue weighted by molar-refractivity contribution is 5.77. The van der Waals surface area contributed by atoms with Crippen molar-refractivity contribution in [1.82, 2.24) is 20.3 Å². The topological polar surface area (TPSA) is 93.8 Å². The predicted molar refractivity (Wildman–Crippen MR) is 73.9 cm³/mol. The Morgan fingerprint density at radius 1 is 1.47 bits per heavy atom. The first kappa shape index (κ1) is 13.8. The van der Waals surface area contributed by atoms with Gasteiger partial charge in [-0.3, -0.25) is 4.79 Å². The number of fused-ring (bicyclic) bond motifs is 1. The van der Waals surface area contributed by atoms with E-state index < -0.39 is 0 Å². The lowest BCUT2D eigenvalue weighted by Crippen LogP contribution is -2.37. The smallest absolute Gasteiger partial charge is 0.275 e. The summed E-state index contributed by atoms with van der Waals surface area (Å²) in [6, 6.07) is 0.0527. The number of nitrogens with one attached hydrogen (secondary N) is 3. The first-order chi connectivity index (χ1) is 9.17. The highest BCUT2D eigenvalue weighted by Crippen LogP contribution is 2.13. The maximum absolute atomic E-state index is 11.6. The van der Waals surface area contributed by atoms with Crippen molar-refractivity contribution < 1.29 is 5.11 Å². The Morgan fingerprint density at radius 2 is 2.26 bits per heavy atom. The van der Waals surface area contributed by atoms with Crippen LogP contribution in [0.3, 0.4) is 0 Å². The SMILES string of the molecule is CC[C@H](C)[C@@H](CO)NCc1c[nH]c2c(=O)[nH]cnc12. The Kier molecular flexibility index (Phi) is 4.34. The van der Waals surface area contributed by atoms with E-state index in [1.54, 1.807) is 6.20 Å². The molecule has 19 heavy (non-hydrogen) atoms. The van der Waals surface area contributed by atoms with E-state index in [9.17, 15) is 9.90 Å². The van der Waals surface area contributed by atoms with Gasteiger partial charge in [0.2, 0.25) is 0 Å². The number of aliphatic hydroxyl groups excluding tert-OH is 1. The molecule has 0 aliphatic rings. The molecule has 0 fully saturated rings. The van der Waals surface area contributed by atoms with E-state index in [-0.39, 0.29) is 18.2 Å². The molecule has 2 rings (SSSR count). The van der Waals surface area contributed by atoms with Gasteiger partial charge in [-0.1, -0.05) is 20.3 Å². The largest absolute Gasteiger partial charge is 0.395 e. The van der Waals surface area contributed by atoms with Crippen LogP contribution >= 0.6 is 0 Å². The first-order valence-corrected chi connectivity index (χ1v) is 6.55. The highest BCUT2D eigenvalue weighted by Gasteiger charge is 2.15. The molecule has 0 saturated heterocycles. The van der Waals surface area contributed by atoms with E-state index >= 15 is 0 Å². The monoisotopic (exact) mass is 264 g/mol. The molecule has 6 nitrogen and oxygen atoms in total. The molecule has 2 aromatic rings. The molecule has 104 valence electrons. The molecule has 0 aliphatic carbocycles. The van der Waals surface area contributed by atoms with Crippen molar-refractivity contribution in [3.8, 4) is 0 Å². The van der Waals surface area contributed by atoms with Gasteiger partial charge in [0.05, 0.1) is 18.5 Å². The Hall–Kier alpha value is -1.66. The van der Waals surface area contributed by atoms with Crippen LogP contribution in [0.1, 0.15) is 25.8 Å². The second-order valence-electron chi connectivity index (χ2n) is 4.82. The van der Waals surface area contributed by atoms with Crippen LogP contribution < -0.4 is 10.9 Å². The lowest BCUT2D eigenvalue weighted by Gasteiger charge is -2.21. The second-order valence-corrected chi connectivity index (χ2v) is 4.82. The molecule has 0 unspecified atom stereocenters. The molecular weight excluding hydrogens is 244 g/mol. The number of hydrogen-bond acceptors (Lipinski definition) is 4. The van der Waals surface area contributed by atoms with Crippen molar-refractivity contribution in [2.75, 3.05) is 6.61 Å². The fourth-order valence-corrected chi connectivity index (χ4v) is 2.11. The second kappa shape index (κ2) is 5.99. The Bertz CT molecular complexity index is 590. The molecule has 0 spiro atoms. The number of aromatic nitrogens is 3. The average molecular weight is 264 g/mol. The molecule has 2 atom stereocenters. The van der Waals surface area contributed by atoms with Gasteiger partial charge < -0.3 is 20.4 Å². The van der Waals surface area contributed by atoms with E-state index in [1.165, 1.54) is 6.33 Å². The van der Waals surface area contributed by atoms with Gasteiger partial charge in [0.15, 0.2) is 0 Å². The van der Waals surface area contributed by atoms with Gasteiger partial charge >= 0.3 is 0 Å². The van der Waals surface area contributed by atoms with E-state index in [4.69, 9.17) is 0 Å². The van der Waals surface area contributed by atoms with Crippen LogP contribution in [0.4, 0.5) is 0 Å². The minimum absolute atomic E-state index is 0.0527. The third-order valence-electron chi connectivity index (χ3n) is 3.63. The quantitative estimate of drug-likeness (QED) is 0.619. The van der Waals surface area contributed by atoms with Crippen molar-refractivity contribution in [2.45, 2.75) is 32.9 Å². The third-order valence-corrected chi connectivity index (χ3v) is 3.63. The summed E-state index contributed by atoms with van der Waals surface area (Å²) in [7, 11) is 0. The van der Waals surface area contributed by atoms with Gasteiger partial charge in [0.25, 0.3) is 5.56 Å². The van der Waals surface area contributed by atoms with Crippen molar-refractivity contribution in [3.05, 3.63) is 28.4 Å². The van der Waals surface area contributed by atoms with Crippen molar-refractivity contribution in [2.24, 2.45) is 5.92 Å². The number of H-pyrrole nitrogens is 2. The zero-order chi connectivity index (χ0) is 13.8. The Balaban J connectivity index is 2.14. The Labute approximate surface area is 111 Å². The van der Waals surface area contributed by atoms with Gasteiger partial charge in [0.1, 0.15) is 5.52 Å². The maximum Gasteiger partial charge on any atom is 0.275 e. The van der Waals surface area contributed by atoms with Crippen molar-refractivity contribution in [3.63, 3.8) is 0 Å². The summed E-state index contributed by atoms with van der Waals surface area (Å²) < 4.78 is 0. The van der Waals surface area contributed by atoms with Gasteiger partial charge in [0, 0.05) is 24.3 Å². The number of aromatic amines is 2. The normalized spacial score (nSPS) is 14.7. The maximum atomic E-state index is 11.6. The predicted octanol–water partition coefficient (Wildman–Crippen LogP) is 0.748. The van der Waals surface area contributed by atoms with Crippen molar-refractivity contribution in [1.29, 1.82) is 0 Å². The van der Waals surface area contributed by atoms with Gasteiger partial charge in [-0.25, -0.2) is 4.98 Å². The molecule has 0 amide bonds. The van der Waals surface area contributed by atoms with E-state index in [1.807, 2.05) is 0 Å². The minimum Gasteiger partial charge on any atom is -0.395 e. The standard InChI is InChI=1S/C13H20N4O2/c1-3-8(2)10(6-18)14-4-9-5-15-12-11(9)16-7-17-13(12)19/h5,7-8,10,14-15,18H,3-4,6H2,1-2H3,(H,16,17,19)/t8-,10+/m0/s1. The fraction of sp³-hybridized carbons (Fsp3) is 0.538. The average Bonchev–Trinajstić information content (AvgIpc) is 2.84. The van der Waals surface area contributed by atoms with Crippen LogP contribution in [0, 0.1) is 5.92 Å². The Morgan fingerprint density at radius 3 is 2.95 bits per heavy atom. The van der Waals surface area contributed by atoms with E-state index in [2.05, 4.69) is 34.1 Å². The molecule has 0 aromatic carbocycles. The molecule has 2 heterocycles. The minimum atomic E-state index is -0.170. The molecular formula is C13H20N4O2. The van der Waals surface area contributed by atoms with E-state index in [0.717, 1.165) is 12.0 Å². The number of rotatable bonds is 6. The number of hydrogen-bond donors (Lipinski definition) is 4. The molecule has 2 aromatic heterocycles. The number of nitrogens with zero attached hydrogens (tertiary/aromatic N) is 1. The summed E-state index contributed by atoms with van der Waals surface area (Å²) in [6.45, 7) is 4.88. The molecule has 0 aliphatic heterocycles. The van der Waals surface area contributed by atoms with Gasteiger partial charge in [-0.15, -0.1) is 0 Å². The third kappa shape index (κ3) is 2.85. The summed E-state index contributed by atoms with van der Waals surface area (Å²) in [6.07, 6.45) is 4.19. The lowest BCUT2D eigenvalue weighted by molar-refractivity contribution is 0.201. The number of aliphatic hydroxyl groups is 1. The van der Waals surface area contributed by atoms with Crippen LogP contribution in [0.2, 0.25) is 0 Å². The van der Waals surface area contributed by atoms with Crippen LogP contribution in [-0.2, 0) is 6.54 Å². The highest BCUT2D eigenvalue weighted by atomic mass is 16.3. The van der Waals surface area contributed by atoms with Crippen LogP contribution in [0.15, 0.2) is 17.3 Å². The summed E-state index contributed by atoms with van der Waals surface area (Å²) >= 11 is 0. The zero-order valence-corrected chi connectivity index (χ0v) is 11.2. The summed E-state index contributed by atoms with van der Waals surface area (Å²) in [5.74, 6) is 0.395. The van der Waals surface area contributed by atoms with Crippen LogP contribution in [0.25, 0.3) is 11.0 Å². The summed E-state index contributed by atoms with van der Waals surface area (Å²) in [5.41, 5.74) is 1.93. The first-order valence-electron chi connectivity index (χ1n) is 6.55. The molecule has 0 radical (unpaired) electrons. The molecule has 4 N–H and O–H groups in total. The summed E-state index contributed by atoms with van der Waals surface area (Å²) in [5, 5.41) is 12.7. The van der Waals surface area contributed by atoms with Crippen LogP contribution in [-0.4, -0.2) is 32.7 Å². The summed E-state index contributed by atoms with van der Waals surface area (Å²) in [4.78, 5) is 21.2. The van der Waals surface area contributed by atoms with Crippen molar-refractivity contribution >= 4 is 11.0 Å². The zero-order valence-electron chi connectivity index (χ0n) is 11.2. The van der Waals surface area contributed by atoms with Gasteiger partial charge in [-0.05, 0) is 5.92 Å². The molecule has 6 heteroatoms. The fourth-order valence-electron chi connectivity index (χ4n) is 2.11. The lowest BCUT2D eigenvalue weighted by atomic mass is 10.00. The van der Waals surface area contributed by atoms with E-state index in [0.29, 0.717) is 23.5 Å². The molecule has 0 bridgehead atoms. The van der Waals surface area contributed by atoms with Gasteiger partial charge in [-0.2, -0.15) is 0 Å². The molecule has 0 saturated carbocycles.